The van der Waals surface area contributed by atoms with Crippen LogP contribution in [0.3, 0.4) is 0 Å². The maximum Gasteiger partial charge on any atom is 0.138 e. The van der Waals surface area contributed by atoms with E-state index < -0.39 is 0 Å². The number of pyridine rings is 2. The van der Waals surface area contributed by atoms with Crippen molar-refractivity contribution in [2.24, 2.45) is 0 Å². The fraction of sp³-hybridized carbons (Fsp3) is 0.0645. The van der Waals surface area contributed by atoms with E-state index in [4.69, 9.17) is 4.42 Å². The second-order valence-corrected chi connectivity index (χ2v) is 8.16. The fourth-order valence-corrected chi connectivity index (χ4v) is 3.92. The van der Waals surface area contributed by atoms with Crippen molar-refractivity contribution < 1.29 is 24.5 Å². The van der Waals surface area contributed by atoms with Gasteiger partial charge in [0.15, 0.2) is 0 Å². The Labute approximate surface area is 223 Å². The van der Waals surface area contributed by atoms with Crippen molar-refractivity contribution in [2.45, 2.75) is 13.8 Å². The Balaban J connectivity index is 0.000000187. The minimum Gasteiger partial charge on any atom is -0.499 e. The molecule has 3 heterocycles. The van der Waals surface area contributed by atoms with Gasteiger partial charge in [-0.25, -0.2) is 0 Å². The van der Waals surface area contributed by atoms with Crippen molar-refractivity contribution in [3.05, 3.63) is 120 Å². The smallest absolute Gasteiger partial charge is 0.138 e. The zero-order valence-corrected chi connectivity index (χ0v) is 22.1. The van der Waals surface area contributed by atoms with Crippen molar-refractivity contribution in [3.63, 3.8) is 0 Å². The van der Waals surface area contributed by atoms with Crippen LogP contribution in [0.25, 0.3) is 44.5 Å². The van der Waals surface area contributed by atoms with Gasteiger partial charge in [-0.1, -0.05) is 47.3 Å². The van der Waals surface area contributed by atoms with Crippen LogP contribution in [0.2, 0.25) is 0 Å². The van der Waals surface area contributed by atoms with Gasteiger partial charge in [0, 0.05) is 37.9 Å². The molecule has 36 heavy (non-hydrogen) atoms. The summed E-state index contributed by atoms with van der Waals surface area (Å²) in [7, 11) is 0. The van der Waals surface area contributed by atoms with Crippen LogP contribution in [-0.2, 0) is 20.1 Å². The minimum atomic E-state index is 0. The van der Waals surface area contributed by atoms with Gasteiger partial charge in [-0.2, -0.15) is 5.26 Å². The van der Waals surface area contributed by atoms with E-state index in [9.17, 15) is 5.26 Å². The first-order valence-electron chi connectivity index (χ1n) is 11.2. The van der Waals surface area contributed by atoms with Crippen molar-refractivity contribution in [1.29, 1.82) is 5.26 Å². The molecule has 0 amide bonds. The van der Waals surface area contributed by atoms with Gasteiger partial charge < -0.3 is 14.4 Å². The Morgan fingerprint density at radius 2 is 1.61 bits per heavy atom. The molecule has 6 aromatic rings. The molecule has 0 aliphatic rings. The molecule has 0 spiro atoms. The second kappa shape index (κ2) is 11.1. The first kappa shape index (κ1) is 25.0. The average Bonchev–Trinajstić information content (AvgIpc) is 3.29. The Bertz CT molecular complexity index is 1650. The van der Waals surface area contributed by atoms with Crippen LogP contribution in [0.15, 0.2) is 95.7 Å². The molecule has 3 aromatic heterocycles. The molecule has 177 valence electrons. The molecule has 0 N–H and O–H groups in total. The average molecular weight is 644 g/mol. The second-order valence-electron chi connectivity index (χ2n) is 8.16. The summed E-state index contributed by atoms with van der Waals surface area (Å²) in [6, 6.07) is 34.0. The van der Waals surface area contributed by atoms with Gasteiger partial charge >= 0.3 is 0 Å². The zero-order chi connectivity index (χ0) is 24.2. The standard InChI is InChI=1S/C19H11N2O.C12H10N.Ir/c1-12-8-9-14-13-5-4-6-15(17-7-2-3-10-21-17)18(13)22-19(14)16(12)11-20;1-10-7-8-12(13-9-10)11-5-3-2-4-6-11;/h2-5,7-10H,1H3;2-5,7-9H,1H3;/q2*-1;. The maximum atomic E-state index is 9.40. The normalized spacial score (nSPS) is 10.2. The van der Waals surface area contributed by atoms with Crippen LogP contribution in [0.5, 0.6) is 0 Å². The van der Waals surface area contributed by atoms with Crippen molar-refractivity contribution >= 4 is 21.9 Å². The van der Waals surface area contributed by atoms with Crippen LogP contribution < -0.4 is 0 Å². The largest absolute Gasteiger partial charge is 0.499 e. The topological polar surface area (TPSA) is 62.7 Å². The summed E-state index contributed by atoms with van der Waals surface area (Å²) in [5.74, 6) is 0. The molecule has 0 aliphatic carbocycles. The number of nitrogens with zero attached hydrogens (tertiary/aromatic N) is 3. The molecule has 0 saturated carbocycles. The van der Waals surface area contributed by atoms with Crippen LogP contribution in [0, 0.1) is 37.3 Å². The molecular formula is C31H21IrN3O-2. The third kappa shape index (κ3) is 4.97. The Morgan fingerprint density at radius 1 is 0.778 bits per heavy atom. The van der Waals surface area contributed by atoms with Gasteiger partial charge in [0.2, 0.25) is 0 Å². The minimum absolute atomic E-state index is 0. The summed E-state index contributed by atoms with van der Waals surface area (Å²) in [6.07, 6.45) is 3.62. The van der Waals surface area contributed by atoms with Crippen molar-refractivity contribution in [3.8, 4) is 28.6 Å². The monoisotopic (exact) mass is 644 g/mol. The van der Waals surface area contributed by atoms with Gasteiger partial charge in [0.25, 0.3) is 0 Å². The molecule has 5 heteroatoms. The summed E-state index contributed by atoms with van der Waals surface area (Å²) >= 11 is 0. The number of fused-ring (bicyclic) bond motifs is 3. The summed E-state index contributed by atoms with van der Waals surface area (Å²) in [4.78, 5) is 8.69. The number of aryl methyl sites for hydroxylation is 2. The van der Waals surface area contributed by atoms with Gasteiger partial charge in [0.1, 0.15) is 11.7 Å². The van der Waals surface area contributed by atoms with Crippen molar-refractivity contribution in [2.75, 3.05) is 0 Å². The molecule has 0 aliphatic heterocycles. The zero-order valence-electron chi connectivity index (χ0n) is 19.7. The molecule has 3 aromatic carbocycles. The van der Waals surface area contributed by atoms with E-state index in [0.717, 1.165) is 44.4 Å². The molecule has 0 atom stereocenters. The molecular weight excluding hydrogens is 623 g/mol. The predicted molar refractivity (Wildman–Crippen MR) is 138 cm³/mol. The molecule has 0 unspecified atom stereocenters. The van der Waals surface area contributed by atoms with Gasteiger partial charge in [0.05, 0.1) is 11.1 Å². The molecule has 0 fully saturated rings. The van der Waals surface area contributed by atoms with Gasteiger partial charge in [-0.15, -0.1) is 54.1 Å². The van der Waals surface area contributed by atoms with E-state index in [1.165, 1.54) is 5.56 Å². The summed E-state index contributed by atoms with van der Waals surface area (Å²) < 4.78 is 6.05. The Hall–Kier alpha value is -4.10. The van der Waals surface area contributed by atoms with E-state index in [1.54, 1.807) is 6.20 Å². The first-order valence-corrected chi connectivity index (χ1v) is 11.2. The number of benzene rings is 3. The van der Waals surface area contributed by atoms with E-state index in [-0.39, 0.29) is 20.1 Å². The molecule has 0 saturated heterocycles. The fourth-order valence-electron chi connectivity index (χ4n) is 3.92. The summed E-state index contributed by atoms with van der Waals surface area (Å²) in [5.41, 5.74) is 7.68. The third-order valence-corrected chi connectivity index (χ3v) is 5.74. The third-order valence-electron chi connectivity index (χ3n) is 5.74. The number of nitriles is 1. The number of hydrogen-bond acceptors (Lipinski definition) is 4. The van der Waals surface area contributed by atoms with Crippen LogP contribution in [0.1, 0.15) is 16.7 Å². The number of furan rings is 1. The Kier molecular flexibility index (Phi) is 7.71. The number of hydrogen-bond donors (Lipinski definition) is 0. The Morgan fingerprint density at radius 3 is 2.31 bits per heavy atom. The summed E-state index contributed by atoms with van der Waals surface area (Å²) in [6.45, 7) is 3.95. The maximum absolute atomic E-state index is 9.40. The van der Waals surface area contributed by atoms with E-state index in [2.05, 4.69) is 34.2 Å². The summed E-state index contributed by atoms with van der Waals surface area (Å²) in [5, 5.41) is 11.3. The van der Waals surface area contributed by atoms with Crippen LogP contribution in [-0.4, -0.2) is 9.97 Å². The van der Waals surface area contributed by atoms with Crippen LogP contribution in [0.4, 0.5) is 0 Å². The van der Waals surface area contributed by atoms with Gasteiger partial charge in [-0.3, -0.25) is 0 Å². The quantitative estimate of drug-likeness (QED) is 0.184. The number of aromatic nitrogens is 2. The van der Waals surface area contributed by atoms with Gasteiger partial charge in [-0.05, 0) is 42.4 Å². The molecule has 0 bridgehead atoms. The van der Waals surface area contributed by atoms with E-state index >= 15 is 0 Å². The predicted octanol–water partition coefficient (Wildman–Crippen LogP) is 7.48. The first-order chi connectivity index (χ1) is 17.2. The molecule has 4 nitrogen and oxygen atoms in total. The number of rotatable bonds is 2. The van der Waals surface area contributed by atoms with E-state index in [1.807, 2.05) is 92.8 Å². The van der Waals surface area contributed by atoms with E-state index in [0.29, 0.717) is 11.1 Å². The molecule has 1 radical (unpaired) electrons. The van der Waals surface area contributed by atoms with Crippen LogP contribution >= 0.6 is 0 Å². The van der Waals surface area contributed by atoms with Crippen molar-refractivity contribution in [1.82, 2.24) is 9.97 Å². The SMILES string of the molecule is Cc1ccc(-c2[c-]cccc2)nc1.Cc1ccc2c(oc3c(-c4ccccn4)[c-]ccc32)c1C#N.[Ir]. The molecule has 6 rings (SSSR count).